The molecule has 1 aromatic rings. The molecule has 0 spiro atoms. The smallest absolute Gasteiger partial charge is 0.283 e. The molecule has 1 fully saturated rings. The highest BCUT2D eigenvalue weighted by Crippen LogP contribution is 2.23. The Hall–Kier alpha value is -0.880. The van der Waals surface area contributed by atoms with Crippen molar-refractivity contribution in [1.82, 2.24) is 15.1 Å². The van der Waals surface area contributed by atoms with E-state index in [0.717, 1.165) is 25.3 Å². The first-order chi connectivity index (χ1) is 8.50. The van der Waals surface area contributed by atoms with Gasteiger partial charge >= 0.3 is 0 Å². The second kappa shape index (κ2) is 5.40. The van der Waals surface area contributed by atoms with Crippen molar-refractivity contribution in [3.05, 3.63) is 21.0 Å². The number of piperazine rings is 1. The fourth-order valence-electron chi connectivity index (χ4n) is 2.18. The molecule has 0 aliphatic carbocycles. The average Bonchev–Trinajstić information content (AvgIpc) is 2.32. The lowest BCUT2D eigenvalue weighted by Gasteiger charge is -2.33. The van der Waals surface area contributed by atoms with Crippen molar-refractivity contribution in [3.63, 3.8) is 0 Å². The average molecular weight is 315 g/mol. The van der Waals surface area contributed by atoms with Crippen molar-refractivity contribution in [1.29, 1.82) is 0 Å². The lowest BCUT2D eigenvalue weighted by atomic mass is 10.2. The van der Waals surface area contributed by atoms with Crippen LogP contribution in [0.4, 0.5) is 5.69 Å². The van der Waals surface area contributed by atoms with Crippen LogP contribution in [0.25, 0.3) is 0 Å². The second-order valence-electron chi connectivity index (χ2n) is 4.99. The van der Waals surface area contributed by atoms with Crippen LogP contribution in [-0.2, 0) is 0 Å². The Labute approximate surface area is 115 Å². The molecule has 18 heavy (non-hydrogen) atoms. The van der Waals surface area contributed by atoms with Gasteiger partial charge in [-0.25, -0.2) is 4.68 Å². The topological polar surface area (TPSA) is 50.2 Å². The van der Waals surface area contributed by atoms with Gasteiger partial charge in [-0.3, -0.25) is 4.79 Å². The minimum atomic E-state index is -0.0614. The van der Waals surface area contributed by atoms with E-state index in [1.165, 1.54) is 4.68 Å². The van der Waals surface area contributed by atoms with E-state index in [9.17, 15) is 4.79 Å². The lowest BCUT2D eigenvalue weighted by molar-refractivity contribution is 0.476. The van der Waals surface area contributed by atoms with Gasteiger partial charge in [0, 0.05) is 25.7 Å². The van der Waals surface area contributed by atoms with Crippen LogP contribution in [0.2, 0.25) is 0 Å². The summed E-state index contributed by atoms with van der Waals surface area (Å²) in [5, 5.41) is 7.64. The first-order valence-corrected chi connectivity index (χ1v) is 7.05. The molecule has 0 bridgehead atoms. The predicted molar refractivity (Wildman–Crippen MR) is 76.3 cm³/mol. The van der Waals surface area contributed by atoms with E-state index in [1.54, 1.807) is 6.20 Å². The molecule has 1 N–H and O–H groups in total. The molecule has 1 saturated heterocycles. The molecule has 2 heterocycles. The van der Waals surface area contributed by atoms with Gasteiger partial charge in [0.1, 0.15) is 4.47 Å². The number of aromatic nitrogens is 2. The zero-order valence-corrected chi connectivity index (χ0v) is 12.6. The molecule has 0 unspecified atom stereocenters. The Balaban J connectivity index is 2.35. The molecular formula is C12H19BrN4O. The van der Waals surface area contributed by atoms with Gasteiger partial charge in [0.25, 0.3) is 5.56 Å². The summed E-state index contributed by atoms with van der Waals surface area (Å²) in [6.45, 7) is 8.77. The molecular weight excluding hydrogens is 296 g/mol. The first-order valence-electron chi connectivity index (χ1n) is 6.26. The molecule has 1 atom stereocenters. The van der Waals surface area contributed by atoms with E-state index in [-0.39, 0.29) is 11.6 Å². The van der Waals surface area contributed by atoms with Crippen LogP contribution in [-0.4, -0.2) is 35.5 Å². The van der Waals surface area contributed by atoms with Gasteiger partial charge in [-0.05, 0) is 36.7 Å². The SMILES string of the molecule is CC(C)n1ncc(N2CCN[C@@H](C)C2)c(Br)c1=O. The van der Waals surface area contributed by atoms with Gasteiger partial charge < -0.3 is 10.2 Å². The van der Waals surface area contributed by atoms with Gasteiger partial charge in [-0.2, -0.15) is 5.10 Å². The summed E-state index contributed by atoms with van der Waals surface area (Å²) in [5.74, 6) is 0. The summed E-state index contributed by atoms with van der Waals surface area (Å²) in [6.07, 6.45) is 1.78. The summed E-state index contributed by atoms with van der Waals surface area (Å²) in [5.41, 5.74) is 0.832. The molecule has 0 radical (unpaired) electrons. The normalized spacial score (nSPS) is 20.5. The lowest BCUT2D eigenvalue weighted by Crippen LogP contribution is -2.49. The van der Waals surface area contributed by atoms with Crippen molar-refractivity contribution < 1.29 is 0 Å². The van der Waals surface area contributed by atoms with Gasteiger partial charge in [-0.1, -0.05) is 0 Å². The zero-order valence-electron chi connectivity index (χ0n) is 11.0. The second-order valence-corrected chi connectivity index (χ2v) is 5.78. The largest absolute Gasteiger partial charge is 0.366 e. The first kappa shape index (κ1) is 13.5. The molecule has 6 heteroatoms. The minimum Gasteiger partial charge on any atom is -0.366 e. The van der Waals surface area contributed by atoms with Crippen LogP contribution in [0.5, 0.6) is 0 Å². The third kappa shape index (κ3) is 2.59. The van der Waals surface area contributed by atoms with E-state index in [0.29, 0.717) is 10.5 Å². The maximum atomic E-state index is 12.2. The Morgan fingerprint density at radius 3 is 2.89 bits per heavy atom. The van der Waals surface area contributed by atoms with E-state index in [2.05, 4.69) is 38.2 Å². The van der Waals surface area contributed by atoms with Crippen LogP contribution in [0.1, 0.15) is 26.8 Å². The summed E-state index contributed by atoms with van der Waals surface area (Å²) in [6, 6.07) is 0.503. The summed E-state index contributed by atoms with van der Waals surface area (Å²) in [7, 11) is 0. The van der Waals surface area contributed by atoms with Gasteiger partial charge in [0.15, 0.2) is 0 Å². The Morgan fingerprint density at radius 2 is 2.28 bits per heavy atom. The fraction of sp³-hybridized carbons (Fsp3) is 0.667. The van der Waals surface area contributed by atoms with Crippen LogP contribution in [0.15, 0.2) is 15.5 Å². The number of hydrogen-bond acceptors (Lipinski definition) is 4. The van der Waals surface area contributed by atoms with E-state index >= 15 is 0 Å². The van der Waals surface area contributed by atoms with Crippen LogP contribution < -0.4 is 15.8 Å². The van der Waals surface area contributed by atoms with Crippen molar-refractivity contribution in [2.24, 2.45) is 0 Å². The molecule has 2 rings (SSSR count). The maximum absolute atomic E-state index is 12.2. The van der Waals surface area contributed by atoms with Crippen LogP contribution in [0, 0.1) is 0 Å². The molecule has 0 amide bonds. The number of nitrogens with one attached hydrogen (secondary N) is 1. The number of anilines is 1. The third-order valence-corrected chi connectivity index (χ3v) is 3.87. The standard InChI is InChI=1S/C12H19BrN4O/c1-8(2)17-12(18)11(13)10(6-15-17)16-5-4-14-9(3)7-16/h6,8-9,14H,4-5,7H2,1-3H3/t9-/m0/s1. The van der Waals surface area contributed by atoms with E-state index in [1.807, 2.05) is 13.8 Å². The quantitative estimate of drug-likeness (QED) is 0.896. The molecule has 100 valence electrons. The molecule has 5 nitrogen and oxygen atoms in total. The van der Waals surface area contributed by atoms with Crippen LogP contribution >= 0.6 is 15.9 Å². The molecule has 1 aromatic heterocycles. The maximum Gasteiger partial charge on any atom is 0.283 e. The molecule has 0 aromatic carbocycles. The highest BCUT2D eigenvalue weighted by atomic mass is 79.9. The Bertz CT molecular complexity index is 485. The monoisotopic (exact) mass is 314 g/mol. The molecule has 1 aliphatic rings. The van der Waals surface area contributed by atoms with E-state index in [4.69, 9.17) is 0 Å². The summed E-state index contributed by atoms with van der Waals surface area (Å²) < 4.78 is 2.11. The highest BCUT2D eigenvalue weighted by Gasteiger charge is 2.20. The summed E-state index contributed by atoms with van der Waals surface area (Å²) >= 11 is 3.42. The number of hydrogen-bond donors (Lipinski definition) is 1. The van der Waals surface area contributed by atoms with Crippen molar-refractivity contribution in [3.8, 4) is 0 Å². The van der Waals surface area contributed by atoms with Gasteiger partial charge in [-0.15, -0.1) is 0 Å². The number of rotatable bonds is 2. The number of nitrogens with zero attached hydrogens (tertiary/aromatic N) is 3. The van der Waals surface area contributed by atoms with Crippen molar-refractivity contribution in [2.75, 3.05) is 24.5 Å². The Kier molecular flexibility index (Phi) is 4.07. The van der Waals surface area contributed by atoms with Gasteiger partial charge in [0.05, 0.1) is 17.9 Å². The Morgan fingerprint density at radius 1 is 1.56 bits per heavy atom. The van der Waals surface area contributed by atoms with Gasteiger partial charge in [0.2, 0.25) is 0 Å². The fourth-order valence-corrected chi connectivity index (χ4v) is 2.71. The third-order valence-electron chi connectivity index (χ3n) is 3.12. The number of halogens is 1. The molecule has 1 aliphatic heterocycles. The van der Waals surface area contributed by atoms with E-state index < -0.39 is 0 Å². The summed E-state index contributed by atoms with van der Waals surface area (Å²) in [4.78, 5) is 14.4. The van der Waals surface area contributed by atoms with Crippen LogP contribution in [0.3, 0.4) is 0 Å². The minimum absolute atomic E-state index is 0.0614. The zero-order chi connectivity index (χ0) is 13.3. The molecule has 0 saturated carbocycles. The predicted octanol–water partition coefficient (Wildman–Crippen LogP) is 1.38. The van der Waals surface area contributed by atoms with Crippen molar-refractivity contribution in [2.45, 2.75) is 32.9 Å². The van der Waals surface area contributed by atoms with Crippen molar-refractivity contribution >= 4 is 21.6 Å². The highest BCUT2D eigenvalue weighted by molar-refractivity contribution is 9.10.